The predicted molar refractivity (Wildman–Crippen MR) is 115 cm³/mol. The van der Waals surface area contributed by atoms with Gasteiger partial charge in [-0.25, -0.2) is 13.4 Å². The van der Waals surface area contributed by atoms with E-state index in [1.165, 1.54) is 0 Å². The molecule has 0 fully saturated rings. The number of ether oxygens (including phenoxy) is 2. The third kappa shape index (κ3) is 4.84. The zero-order chi connectivity index (χ0) is 21.1. The molecule has 0 saturated carbocycles. The first-order valence-electron chi connectivity index (χ1n) is 8.86. The minimum absolute atomic E-state index is 0.164. The molecule has 2 heterocycles. The summed E-state index contributed by atoms with van der Waals surface area (Å²) < 4.78 is 36.1. The van der Waals surface area contributed by atoms with Crippen LogP contribution >= 0.6 is 11.6 Å². The maximum absolute atomic E-state index is 11.4. The molecule has 1 aliphatic rings. The molecule has 0 unspecified atom stereocenters. The van der Waals surface area contributed by atoms with Gasteiger partial charge in [-0.05, 0) is 36.4 Å². The maximum atomic E-state index is 11.4. The minimum atomic E-state index is -3.36. The maximum Gasteiger partial charge on any atom is 0.231 e. The number of hydrogen-bond acceptors (Lipinski definition) is 8. The van der Waals surface area contributed by atoms with E-state index >= 15 is 0 Å². The monoisotopic (exact) mass is 447 g/mol. The molecule has 0 aliphatic carbocycles. The number of hydrogen-bond donors (Lipinski definition) is 3. The van der Waals surface area contributed by atoms with Crippen molar-refractivity contribution >= 4 is 44.8 Å². The van der Waals surface area contributed by atoms with Gasteiger partial charge in [0.25, 0.3) is 0 Å². The topological polar surface area (TPSA) is 114 Å². The number of halogens is 1. The standard InChI is InChI=1S/C19H18ClN5O4S/c1-30(26,27)25-13-4-2-3-12(9-13)23-19-21-8-7-17(24-19)22-10-14-15(20)5-6-16-18(14)29-11-28-16/h2-9,25H,10-11H2,1H3,(H2,21,22,23,24). The summed E-state index contributed by atoms with van der Waals surface area (Å²) in [7, 11) is -3.36. The lowest BCUT2D eigenvalue weighted by molar-refractivity contribution is 0.173. The van der Waals surface area contributed by atoms with E-state index in [1.807, 2.05) is 0 Å². The second-order valence-electron chi connectivity index (χ2n) is 6.46. The summed E-state index contributed by atoms with van der Waals surface area (Å²) in [4.78, 5) is 8.62. The molecule has 1 aliphatic heterocycles. The third-order valence-corrected chi connectivity index (χ3v) is 5.07. The number of nitrogens with zero attached hydrogens (tertiary/aromatic N) is 2. The Bertz CT molecular complexity index is 1190. The first-order chi connectivity index (χ1) is 14.4. The Hall–Kier alpha value is -3.24. The molecule has 0 spiro atoms. The van der Waals surface area contributed by atoms with Crippen molar-refractivity contribution in [2.24, 2.45) is 0 Å². The van der Waals surface area contributed by atoms with Crippen LogP contribution in [0.3, 0.4) is 0 Å². The first kappa shape index (κ1) is 20.0. The summed E-state index contributed by atoms with van der Waals surface area (Å²) >= 11 is 6.30. The zero-order valence-electron chi connectivity index (χ0n) is 15.8. The van der Waals surface area contributed by atoms with Gasteiger partial charge in [-0.15, -0.1) is 0 Å². The Kier molecular flexibility index (Phi) is 5.51. The van der Waals surface area contributed by atoms with Crippen molar-refractivity contribution in [3.8, 4) is 11.5 Å². The fraction of sp³-hybridized carbons (Fsp3) is 0.158. The van der Waals surface area contributed by atoms with Gasteiger partial charge in [-0.1, -0.05) is 17.7 Å². The van der Waals surface area contributed by atoms with Gasteiger partial charge in [-0.2, -0.15) is 4.98 Å². The molecule has 0 radical (unpaired) electrons. The van der Waals surface area contributed by atoms with E-state index in [-0.39, 0.29) is 6.79 Å². The lowest BCUT2D eigenvalue weighted by Crippen LogP contribution is -2.09. The average Bonchev–Trinajstić information content (AvgIpc) is 3.15. The average molecular weight is 448 g/mol. The van der Waals surface area contributed by atoms with Crippen LogP contribution < -0.4 is 24.8 Å². The molecule has 30 heavy (non-hydrogen) atoms. The third-order valence-electron chi connectivity index (χ3n) is 4.11. The second-order valence-corrected chi connectivity index (χ2v) is 8.61. The van der Waals surface area contributed by atoms with Crippen molar-refractivity contribution in [2.75, 3.05) is 28.4 Å². The van der Waals surface area contributed by atoms with E-state index in [4.69, 9.17) is 21.1 Å². The van der Waals surface area contributed by atoms with Crippen molar-refractivity contribution in [3.05, 3.63) is 59.2 Å². The SMILES string of the molecule is CS(=O)(=O)Nc1cccc(Nc2nccc(NCc3c(Cl)ccc4c3OCO4)n2)c1. The molecule has 1 aromatic heterocycles. The van der Waals surface area contributed by atoms with Crippen molar-refractivity contribution in [3.63, 3.8) is 0 Å². The van der Waals surface area contributed by atoms with E-state index in [2.05, 4.69) is 25.3 Å². The van der Waals surface area contributed by atoms with Crippen molar-refractivity contribution in [1.82, 2.24) is 9.97 Å². The van der Waals surface area contributed by atoms with Crippen LogP contribution in [0.25, 0.3) is 0 Å². The summed E-state index contributed by atoms with van der Waals surface area (Å²) in [6, 6.07) is 12.1. The molecular formula is C19H18ClN5O4S. The molecule has 4 rings (SSSR count). The van der Waals surface area contributed by atoms with Gasteiger partial charge < -0.3 is 20.1 Å². The van der Waals surface area contributed by atoms with Crippen LogP contribution in [0.2, 0.25) is 5.02 Å². The molecular weight excluding hydrogens is 430 g/mol. The van der Waals surface area contributed by atoms with Crippen LogP contribution in [0.5, 0.6) is 11.5 Å². The highest BCUT2D eigenvalue weighted by molar-refractivity contribution is 7.92. The Morgan fingerprint density at radius 2 is 1.97 bits per heavy atom. The summed E-state index contributed by atoms with van der Waals surface area (Å²) in [5.74, 6) is 2.20. The fourth-order valence-electron chi connectivity index (χ4n) is 2.87. The molecule has 0 saturated heterocycles. The lowest BCUT2D eigenvalue weighted by Gasteiger charge is -2.12. The smallest absolute Gasteiger partial charge is 0.231 e. The largest absolute Gasteiger partial charge is 0.454 e. The highest BCUT2D eigenvalue weighted by atomic mass is 35.5. The van der Waals surface area contributed by atoms with E-state index in [0.29, 0.717) is 46.2 Å². The van der Waals surface area contributed by atoms with Gasteiger partial charge in [0.1, 0.15) is 5.82 Å². The Balaban J connectivity index is 1.47. The number of benzene rings is 2. The van der Waals surface area contributed by atoms with Gasteiger partial charge in [0.15, 0.2) is 11.5 Å². The number of nitrogens with one attached hydrogen (secondary N) is 3. The van der Waals surface area contributed by atoms with Crippen LogP contribution in [-0.2, 0) is 16.6 Å². The van der Waals surface area contributed by atoms with Crippen molar-refractivity contribution in [1.29, 1.82) is 0 Å². The first-order valence-corrected chi connectivity index (χ1v) is 11.1. The predicted octanol–water partition coefficient (Wildman–Crippen LogP) is 3.59. The van der Waals surface area contributed by atoms with E-state index in [9.17, 15) is 8.42 Å². The van der Waals surface area contributed by atoms with Gasteiger partial charge >= 0.3 is 0 Å². The van der Waals surface area contributed by atoms with Crippen LogP contribution in [0, 0.1) is 0 Å². The number of anilines is 4. The lowest BCUT2D eigenvalue weighted by atomic mass is 10.2. The molecule has 156 valence electrons. The Morgan fingerprint density at radius 3 is 2.80 bits per heavy atom. The number of sulfonamides is 1. The van der Waals surface area contributed by atoms with Crippen molar-refractivity contribution < 1.29 is 17.9 Å². The molecule has 0 atom stereocenters. The molecule has 3 N–H and O–H groups in total. The van der Waals surface area contributed by atoms with Crippen LogP contribution in [0.1, 0.15) is 5.56 Å². The zero-order valence-corrected chi connectivity index (χ0v) is 17.4. The second kappa shape index (κ2) is 8.25. The van der Waals surface area contributed by atoms with Gasteiger partial charge in [0.05, 0.1) is 11.9 Å². The highest BCUT2D eigenvalue weighted by Crippen LogP contribution is 2.39. The normalized spacial score (nSPS) is 12.5. The Morgan fingerprint density at radius 1 is 1.13 bits per heavy atom. The molecule has 2 aromatic carbocycles. The van der Waals surface area contributed by atoms with Gasteiger partial charge in [0.2, 0.25) is 22.8 Å². The molecule has 0 amide bonds. The number of aromatic nitrogens is 2. The summed E-state index contributed by atoms with van der Waals surface area (Å²) in [6.45, 7) is 0.549. The Labute approximate surface area is 178 Å². The highest BCUT2D eigenvalue weighted by Gasteiger charge is 2.20. The van der Waals surface area contributed by atoms with E-state index < -0.39 is 10.0 Å². The van der Waals surface area contributed by atoms with Crippen LogP contribution in [0.15, 0.2) is 48.7 Å². The summed E-state index contributed by atoms with van der Waals surface area (Å²) in [6.07, 6.45) is 2.70. The quantitative estimate of drug-likeness (QED) is 0.503. The molecule has 9 nitrogen and oxygen atoms in total. The minimum Gasteiger partial charge on any atom is -0.454 e. The van der Waals surface area contributed by atoms with Gasteiger partial charge in [0, 0.05) is 29.0 Å². The molecule has 3 aromatic rings. The summed E-state index contributed by atoms with van der Waals surface area (Å²) in [5, 5.41) is 6.82. The summed E-state index contributed by atoms with van der Waals surface area (Å²) in [5.41, 5.74) is 1.85. The number of rotatable bonds is 7. The number of fused-ring (bicyclic) bond motifs is 1. The van der Waals surface area contributed by atoms with Crippen LogP contribution in [-0.4, -0.2) is 31.4 Å². The van der Waals surface area contributed by atoms with Gasteiger partial charge in [-0.3, -0.25) is 4.72 Å². The van der Waals surface area contributed by atoms with Crippen LogP contribution in [0.4, 0.5) is 23.1 Å². The fourth-order valence-corrected chi connectivity index (χ4v) is 3.64. The molecule has 0 bridgehead atoms. The van der Waals surface area contributed by atoms with Crippen molar-refractivity contribution in [2.45, 2.75) is 6.54 Å². The van der Waals surface area contributed by atoms with E-state index in [0.717, 1.165) is 11.8 Å². The molecule has 11 heteroatoms. The van der Waals surface area contributed by atoms with E-state index in [1.54, 1.807) is 48.7 Å².